The van der Waals surface area contributed by atoms with E-state index < -0.39 is 12.1 Å². The Bertz CT molecular complexity index is 918. The highest BCUT2D eigenvalue weighted by molar-refractivity contribution is 5.79. The Morgan fingerprint density at radius 3 is 2.52 bits per heavy atom. The number of carbonyl (C=O) groups is 1. The van der Waals surface area contributed by atoms with Crippen LogP contribution in [0.3, 0.4) is 0 Å². The van der Waals surface area contributed by atoms with E-state index in [4.69, 9.17) is 0 Å². The molecule has 1 aliphatic carbocycles. The molecule has 5 nitrogen and oxygen atoms in total. The van der Waals surface area contributed by atoms with Gasteiger partial charge in [-0.3, -0.25) is 0 Å². The van der Waals surface area contributed by atoms with Crippen LogP contribution in [0, 0.1) is 17.1 Å². The Balaban J connectivity index is 1.62. The van der Waals surface area contributed by atoms with Gasteiger partial charge in [-0.05, 0) is 41.7 Å². The first-order valence-corrected chi connectivity index (χ1v) is 10.1. The molecular formula is C23H24FN3O2. The normalized spacial score (nSPS) is 24.0. The molecule has 2 N–H and O–H groups in total. The predicted molar refractivity (Wildman–Crippen MR) is 107 cm³/mol. The fraction of sp³-hybridized carbons (Fsp3) is 0.391. The van der Waals surface area contributed by atoms with Gasteiger partial charge in [0.2, 0.25) is 0 Å². The van der Waals surface area contributed by atoms with Crippen LogP contribution in [0.4, 0.5) is 9.18 Å². The SMILES string of the molecule is N#C[C@@H]1[C@H](c2ccccc2-c2ccc(F)cc2)[C@H](CO)N1C(=O)NC1CCCC1. The molecule has 150 valence electrons. The second-order valence-corrected chi connectivity index (χ2v) is 7.78. The summed E-state index contributed by atoms with van der Waals surface area (Å²) in [5.41, 5.74) is 2.60. The second kappa shape index (κ2) is 8.22. The zero-order chi connectivity index (χ0) is 20.4. The Labute approximate surface area is 169 Å². The van der Waals surface area contributed by atoms with E-state index in [1.54, 1.807) is 12.1 Å². The molecule has 3 atom stereocenters. The standard InChI is InChI=1S/C23H24FN3O2/c24-16-11-9-15(10-12-16)18-7-3-4-8-19(18)22-20(13-25)27(21(22)14-28)23(29)26-17-5-1-2-6-17/h3-4,7-12,17,20-22,28H,1-2,5-6,14H2,(H,26,29)/t20-,21+,22+/m1/s1. The molecule has 29 heavy (non-hydrogen) atoms. The first-order chi connectivity index (χ1) is 14.1. The number of nitriles is 1. The van der Waals surface area contributed by atoms with Crippen molar-refractivity contribution in [2.45, 2.75) is 49.7 Å². The molecule has 6 heteroatoms. The van der Waals surface area contributed by atoms with Crippen LogP contribution in [0.15, 0.2) is 48.5 Å². The third-order valence-corrected chi connectivity index (χ3v) is 6.12. The third kappa shape index (κ3) is 3.58. The lowest BCUT2D eigenvalue weighted by Crippen LogP contribution is -2.67. The second-order valence-electron chi connectivity index (χ2n) is 7.78. The Hall–Kier alpha value is -2.91. The van der Waals surface area contributed by atoms with E-state index in [1.165, 1.54) is 17.0 Å². The zero-order valence-electron chi connectivity index (χ0n) is 16.1. The fourth-order valence-electron chi connectivity index (χ4n) is 4.66. The minimum atomic E-state index is -0.657. The van der Waals surface area contributed by atoms with Crippen molar-refractivity contribution in [3.8, 4) is 17.2 Å². The first-order valence-electron chi connectivity index (χ1n) is 10.1. The smallest absolute Gasteiger partial charge is 0.319 e. The van der Waals surface area contributed by atoms with Gasteiger partial charge in [0.15, 0.2) is 0 Å². The van der Waals surface area contributed by atoms with Crippen molar-refractivity contribution in [1.82, 2.24) is 10.2 Å². The molecule has 0 bridgehead atoms. The maximum absolute atomic E-state index is 13.4. The van der Waals surface area contributed by atoms with E-state index in [0.29, 0.717) is 0 Å². The third-order valence-electron chi connectivity index (χ3n) is 6.12. The molecule has 2 aromatic carbocycles. The largest absolute Gasteiger partial charge is 0.394 e. The molecule has 1 heterocycles. The van der Waals surface area contributed by atoms with Gasteiger partial charge in [-0.25, -0.2) is 9.18 Å². The molecule has 0 spiro atoms. The number of carbonyl (C=O) groups excluding carboxylic acids is 1. The fourth-order valence-corrected chi connectivity index (χ4v) is 4.66. The van der Waals surface area contributed by atoms with Gasteiger partial charge in [-0.1, -0.05) is 49.2 Å². The molecule has 2 aliphatic rings. The van der Waals surface area contributed by atoms with Crippen LogP contribution in [-0.2, 0) is 0 Å². The quantitative estimate of drug-likeness (QED) is 0.830. The maximum atomic E-state index is 13.4. The molecule has 2 fully saturated rings. The van der Waals surface area contributed by atoms with Crippen LogP contribution in [0.5, 0.6) is 0 Å². The molecule has 1 saturated carbocycles. The van der Waals surface area contributed by atoms with Crippen molar-refractivity contribution in [2.75, 3.05) is 6.61 Å². The monoisotopic (exact) mass is 393 g/mol. The number of hydrogen-bond donors (Lipinski definition) is 2. The van der Waals surface area contributed by atoms with E-state index in [2.05, 4.69) is 11.4 Å². The van der Waals surface area contributed by atoms with E-state index in [0.717, 1.165) is 42.4 Å². The summed E-state index contributed by atoms with van der Waals surface area (Å²) in [6.07, 6.45) is 4.11. The van der Waals surface area contributed by atoms with Crippen LogP contribution in [-0.4, -0.2) is 40.8 Å². The van der Waals surface area contributed by atoms with Crippen LogP contribution in [0.25, 0.3) is 11.1 Å². The van der Waals surface area contributed by atoms with Crippen LogP contribution in [0.1, 0.15) is 37.2 Å². The van der Waals surface area contributed by atoms with Crippen LogP contribution >= 0.6 is 0 Å². The van der Waals surface area contributed by atoms with Gasteiger partial charge in [0.1, 0.15) is 11.9 Å². The molecule has 0 aromatic heterocycles. The topological polar surface area (TPSA) is 76.4 Å². The van der Waals surface area contributed by atoms with E-state index >= 15 is 0 Å². The molecular weight excluding hydrogens is 369 g/mol. The zero-order valence-corrected chi connectivity index (χ0v) is 16.1. The summed E-state index contributed by atoms with van der Waals surface area (Å²) in [7, 11) is 0. The number of aliphatic hydroxyl groups is 1. The summed E-state index contributed by atoms with van der Waals surface area (Å²) < 4.78 is 13.4. The molecule has 4 rings (SSSR count). The highest BCUT2D eigenvalue weighted by Crippen LogP contribution is 2.44. The number of halogens is 1. The molecule has 1 saturated heterocycles. The van der Waals surface area contributed by atoms with Crippen molar-refractivity contribution in [3.05, 3.63) is 59.9 Å². The van der Waals surface area contributed by atoms with Gasteiger partial charge in [0.25, 0.3) is 0 Å². The van der Waals surface area contributed by atoms with Gasteiger partial charge < -0.3 is 15.3 Å². The average molecular weight is 393 g/mol. The Kier molecular flexibility index (Phi) is 5.50. The van der Waals surface area contributed by atoms with Gasteiger partial charge in [0, 0.05) is 12.0 Å². The number of likely N-dealkylation sites (tertiary alicyclic amines) is 1. The number of rotatable bonds is 4. The van der Waals surface area contributed by atoms with E-state index in [1.807, 2.05) is 24.3 Å². The molecule has 0 radical (unpaired) electrons. The van der Waals surface area contributed by atoms with Crippen molar-refractivity contribution in [1.29, 1.82) is 5.26 Å². The summed E-state index contributed by atoms with van der Waals surface area (Å²) >= 11 is 0. The summed E-state index contributed by atoms with van der Waals surface area (Å²) in [4.78, 5) is 14.3. The number of nitrogens with one attached hydrogen (secondary N) is 1. The summed E-state index contributed by atoms with van der Waals surface area (Å²) in [5.74, 6) is -0.617. The van der Waals surface area contributed by atoms with Crippen molar-refractivity contribution in [2.24, 2.45) is 0 Å². The molecule has 0 unspecified atom stereocenters. The number of hydrogen-bond acceptors (Lipinski definition) is 3. The van der Waals surface area contributed by atoms with Crippen molar-refractivity contribution >= 4 is 6.03 Å². The van der Waals surface area contributed by atoms with Gasteiger partial charge in [-0.15, -0.1) is 0 Å². The lowest BCUT2D eigenvalue weighted by molar-refractivity contribution is 0.0160. The number of urea groups is 1. The predicted octanol–water partition coefficient (Wildman–Crippen LogP) is 3.80. The Morgan fingerprint density at radius 1 is 1.17 bits per heavy atom. The average Bonchev–Trinajstić information content (AvgIpc) is 3.22. The van der Waals surface area contributed by atoms with Crippen LogP contribution < -0.4 is 5.32 Å². The minimum Gasteiger partial charge on any atom is -0.394 e. The molecule has 1 aliphatic heterocycles. The van der Waals surface area contributed by atoms with E-state index in [-0.39, 0.29) is 30.4 Å². The van der Waals surface area contributed by atoms with Gasteiger partial charge >= 0.3 is 6.03 Å². The number of amides is 2. The summed E-state index contributed by atoms with van der Waals surface area (Å²) in [5, 5.41) is 22.9. The van der Waals surface area contributed by atoms with Crippen molar-refractivity contribution in [3.63, 3.8) is 0 Å². The number of aliphatic hydroxyl groups excluding tert-OH is 1. The summed E-state index contributed by atoms with van der Waals surface area (Å²) in [6, 6.07) is 14.8. The first kappa shape index (κ1) is 19.4. The number of nitrogens with zero attached hydrogens (tertiary/aromatic N) is 2. The molecule has 2 aromatic rings. The van der Waals surface area contributed by atoms with E-state index in [9.17, 15) is 19.6 Å². The highest BCUT2D eigenvalue weighted by Gasteiger charge is 2.52. The Morgan fingerprint density at radius 2 is 1.86 bits per heavy atom. The molecule has 2 amide bonds. The number of benzene rings is 2. The van der Waals surface area contributed by atoms with Gasteiger partial charge in [-0.2, -0.15) is 5.26 Å². The minimum absolute atomic E-state index is 0.145. The lowest BCUT2D eigenvalue weighted by atomic mass is 9.73. The highest BCUT2D eigenvalue weighted by atomic mass is 19.1. The van der Waals surface area contributed by atoms with Crippen LogP contribution in [0.2, 0.25) is 0 Å². The summed E-state index contributed by atoms with van der Waals surface area (Å²) in [6.45, 7) is -0.224. The lowest BCUT2D eigenvalue weighted by Gasteiger charge is -2.52. The van der Waals surface area contributed by atoms with Gasteiger partial charge in [0.05, 0.1) is 18.7 Å². The maximum Gasteiger partial charge on any atom is 0.319 e. The van der Waals surface area contributed by atoms with Crippen molar-refractivity contribution < 1.29 is 14.3 Å².